The van der Waals surface area contributed by atoms with Gasteiger partial charge in [-0.15, -0.1) is 0 Å². The molecule has 0 bridgehead atoms. The van der Waals surface area contributed by atoms with Crippen molar-refractivity contribution >= 4 is 44.9 Å². The molecule has 2 aromatic carbocycles. The van der Waals surface area contributed by atoms with E-state index >= 15 is 0 Å². The van der Waals surface area contributed by atoms with Gasteiger partial charge in [-0.05, 0) is 29.9 Å². The number of benzene rings is 2. The van der Waals surface area contributed by atoms with Crippen LogP contribution in [0.4, 0.5) is 10.7 Å². The van der Waals surface area contributed by atoms with Crippen LogP contribution in [0.3, 0.4) is 0 Å². The van der Waals surface area contributed by atoms with Gasteiger partial charge in [0.25, 0.3) is 5.91 Å². The number of hydrogen-bond donors (Lipinski definition) is 2. The second-order valence-electron chi connectivity index (χ2n) is 5.16. The van der Waals surface area contributed by atoms with Crippen LogP contribution < -0.4 is 11.1 Å². The molecule has 1 amide bonds. The van der Waals surface area contributed by atoms with Gasteiger partial charge in [-0.2, -0.15) is 4.37 Å². The molecule has 0 saturated heterocycles. The molecule has 7 heteroatoms. The maximum absolute atomic E-state index is 12.1. The molecule has 0 spiro atoms. The third kappa shape index (κ3) is 3.21. The first-order valence-electron chi connectivity index (χ1n) is 7.22. The van der Waals surface area contributed by atoms with E-state index in [2.05, 4.69) is 9.69 Å². The Hall–Kier alpha value is -2.93. The molecule has 6 nitrogen and oxygen atoms in total. The van der Waals surface area contributed by atoms with Gasteiger partial charge in [-0.3, -0.25) is 4.79 Å². The van der Waals surface area contributed by atoms with E-state index in [0.29, 0.717) is 11.4 Å². The zero-order chi connectivity index (χ0) is 17.1. The second-order valence-corrected chi connectivity index (χ2v) is 5.96. The van der Waals surface area contributed by atoms with Crippen molar-refractivity contribution in [2.24, 2.45) is 0 Å². The number of carbonyl (C=O) groups excluding carboxylic acids is 2. The molecular formula is C17H15N3O3S. The molecule has 3 aromatic rings. The first kappa shape index (κ1) is 15.9. The smallest absolute Gasteiger partial charge is 0.343 e. The minimum atomic E-state index is -0.646. The molecular weight excluding hydrogens is 326 g/mol. The van der Waals surface area contributed by atoms with Crippen LogP contribution >= 0.6 is 11.5 Å². The molecule has 3 N–H and O–H groups in total. The standard InChI is InChI=1S/C17H15N3O3S/c1-10-15(16(18)24-20-10)17(22)23-9-14(21)19-13-8-4-6-11-5-2-3-7-12(11)13/h2-8H,9,18H2,1H3,(H,19,21). The van der Waals surface area contributed by atoms with Gasteiger partial charge in [-0.25, -0.2) is 4.79 Å². The third-order valence-corrected chi connectivity index (χ3v) is 4.26. The average molecular weight is 341 g/mol. The summed E-state index contributed by atoms with van der Waals surface area (Å²) in [5.41, 5.74) is 7.08. The zero-order valence-corrected chi connectivity index (χ0v) is 13.7. The van der Waals surface area contributed by atoms with Crippen LogP contribution in [0, 0.1) is 6.92 Å². The van der Waals surface area contributed by atoms with Crippen LogP contribution in [0.15, 0.2) is 42.5 Å². The molecule has 1 heterocycles. The Morgan fingerprint density at radius 1 is 1.21 bits per heavy atom. The van der Waals surface area contributed by atoms with Crippen molar-refractivity contribution in [1.29, 1.82) is 0 Å². The summed E-state index contributed by atoms with van der Waals surface area (Å²) >= 11 is 1.02. The van der Waals surface area contributed by atoms with E-state index in [1.807, 2.05) is 36.4 Å². The molecule has 0 aliphatic rings. The number of nitrogens with zero attached hydrogens (tertiary/aromatic N) is 1. The molecule has 1 aromatic heterocycles. The molecule has 24 heavy (non-hydrogen) atoms. The maximum Gasteiger partial charge on any atom is 0.343 e. The Morgan fingerprint density at radius 3 is 2.71 bits per heavy atom. The summed E-state index contributed by atoms with van der Waals surface area (Å²) in [4.78, 5) is 24.1. The van der Waals surface area contributed by atoms with Crippen molar-refractivity contribution < 1.29 is 14.3 Å². The number of ether oxygens (including phenoxy) is 1. The van der Waals surface area contributed by atoms with Gasteiger partial charge in [0.05, 0.1) is 5.69 Å². The summed E-state index contributed by atoms with van der Waals surface area (Å²) in [7, 11) is 0. The lowest BCUT2D eigenvalue weighted by atomic mass is 10.1. The summed E-state index contributed by atoms with van der Waals surface area (Å²) < 4.78 is 9.01. The van der Waals surface area contributed by atoms with Crippen LogP contribution in [-0.4, -0.2) is 22.9 Å². The highest BCUT2D eigenvalue weighted by molar-refractivity contribution is 7.10. The lowest BCUT2D eigenvalue weighted by molar-refractivity contribution is -0.119. The van der Waals surface area contributed by atoms with E-state index in [-0.39, 0.29) is 10.6 Å². The Kier molecular flexibility index (Phi) is 4.43. The van der Waals surface area contributed by atoms with Crippen molar-refractivity contribution in [2.45, 2.75) is 6.92 Å². The van der Waals surface area contributed by atoms with Gasteiger partial charge in [0.1, 0.15) is 10.6 Å². The minimum absolute atomic E-state index is 0.220. The molecule has 122 valence electrons. The summed E-state index contributed by atoms with van der Waals surface area (Å²) in [6.07, 6.45) is 0. The third-order valence-electron chi connectivity index (χ3n) is 3.49. The summed E-state index contributed by atoms with van der Waals surface area (Å²) in [6, 6.07) is 13.3. The van der Waals surface area contributed by atoms with E-state index in [1.54, 1.807) is 13.0 Å². The Morgan fingerprint density at radius 2 is 1.96 bits per heavy atom. The van der Waals surface area contributed by atoms with E-state index in [0.717, 1.165) is 22.3 Å². The number of amides is 1. The highest BCUT2D eigenvalue weighted by atomic mass is 32.1. The highest BCUT2D eigenvalue weighted by Crippen LogP contribution is 2.23. The number of nitrogen functional groups attached to an aromatic ring is 1. The predicted octanol–water partition coefficient (Wildman–Crippen LogP) is 2.98. The monoisotopic (exact) mass is 341 g/mol. The predicted molar refractivity (Wildman–Crippen MR) is 94.1 cm³/mol. The van der Waals surface area contributed by atoms with Gasteiger partial charge in [0.15, 0.2) is 6.61 Å². The van der Waals surface area contributed by atoms with Crippen molar-refractivity contribution in [3.63, 3.8) is 0 Å². The molecule has 0 radical (unpaired) electrons. The highest BCUT2D eigenvalue weighted by Gasteiger charge is 2.19. The van der Waals surface area contributed by atoms with Crippen LogP contribution in [0.2, 0.25) is 0 Å². The summed E-state index contributed by atoms with van der Waals surface area (Å²) in [5.74, 6) is -1.06. The lowest BCUT2D eigenvalue weighted by Crippen LogP contribution is -2.21. The summed E-state index contributed by atoms with van der Waals surface area (Å²) in [6.45, 7) is 1.27. The Bertz CT molecular complexity index is 896. The topological polar surface area (TPSA) is 94.3 Å². The quantitative estimate of drug-likeness (QED) is 0.712. The first-order chi connectivity index (χ1) is 11.6. The lowest BCUT2D eigenvalue weighted by Gasteiger charge is -2.09. The van der Waals surface area contributed by atoms with E-state index < -0.39 is 18.5 Å². The zero-order valence-electron chi connectivity index (χ0n) is 12.9. The van der Waals surface area contributed by atoms with Gasteiger partial charge < -0.3 is 15.8 Å². The van der Waals surface area contributed by atoms with Crippen molar-refractivity contribution in [1.82, 2.24) is 4.37 Å². The summed E-state index contributed by atoms with van der Waals surface area (Å²) in [5, 5.41) is 4.97. The van der Waals surface area contributed by atoms with E-state index in [9.17, 15) is 9.59 Å². The second kappa shape index (κ2) is 6.67. The molecule has 3 rings (SSSR count). The number of nitrogens with one attached hydrogen (secondary N) is 1. The molecule has 0 atom stereocenters. The van der Waals surface area contributed by atoms with Gasteiger partial charge in [-0.1, -0.05) is 36.4 Å². The molecule has 0 saturated carbocycles. The number of hydrogen-bond acceptors (Lipinski definition) is 6. The van der Waals surface area contributed by atoms with Crippen molar-refractivity contribution in [3.05, 3.63) is 53.7 Å². The van der Waals surface area contributed by atoms with Crippen LogP contribution in [0.25, 0.3) is 10.8 Å². The van der Waals surface area contributed by atoms with Gasteiger partial charge in [0, 0.05) is 11.1 Å². The number of carbonyl (C=O) groups is 2. The van der Waals surface area contributed by atoms with Gasteiger partial charge >= 0.3 is 5.97 Å². The number of rotatable bonds is 4. The fraction of sp³-hybridized carbons (Fsp3) is 0.118. The number of aryl methyl sites for hydroxylation is 1. The Labute approximate surface area is 142 Å². The SMILES string of the molecule is Cc1nsc(N)c1C(=O)OCC(=O)Nc1cccc2ccccc12. The number of anilines is 2. The average Bonchev–Trinajstić information content (AvgIpc) is 2.92. The number of fused-ring (bicyclic) bond motifs is 1. The minimum Gasteiger partial charge on any atom is -0.452 e. The van der Waals surface area contributed by atoms with Crippen molar-refractivity contribution in [2.75, 3.05) is 17.7 Å². The fourth-order valence-corrected chi connectivity index (χ4v) is 3.01. The Balaban J connectivity index is 1.67. The first-order valence-corrected chi connectivity index (χ1v) is 8.00. The van der Waals surface area contributed by atoms with Gasteiger partial charge in [0.2, 0.25) is 0 Å². The molecule has 0 unspecified atom stereocenters. The molecule has 0 aliphatic carbocycles. The largest absolute Gasteiger partial charge is 0.452 e. The van der Waals surface area contributed by atoms with E-state index in [1.165, 1.54) is 0 Å². The van der Waals surface area contributed by atoms with Crippen LogP contribution in [0.5, 0.6) is 0 Å². The fourth-order valence-electron chi connectivity index (χ4n) is 2.36. The number of aromatic nitrogens is 1. The number of nitrogens with two attached hydrogens (primary N) is 1. The molecule has 0 aliphatic heterocycles. The number of esters is 1. The van der Waals surface area contributed by atoms with E-state index in [4.69, 9.17) is 10.5 Å². The maximum atomic E-state index is 12.1. The van der Waals surface area contributed by atoms with Crippen LogP contribution in [0.1, 0.15) is 16.1 Å². The van der Waals surface area contributed by atoms with Crippen LogP contribution in [-0.2, 0) is 9.53 Å². The molecule has 0 fully saturated rings. The van der Waals surface area contributed by atoms with Crippen molar-refractivity contribution in [3.8, 4) is 0 Å². The normalized spacial score (nSPS) is 10.5.